The fraction of sp³-hybridized carbons (Fsp3) is 0.652. The fourth-order valence-corrected chi connectivity index (χ4v) is 5.53. The highest BCUT2D eigenvalue weighted by molar-refractivity contribution is 6.76. The maximum absolute atomic E-state index is 13.2. The monoisotopic (exact) mass is 464 g/mol. The average molecular weight is 465 g/mol. The molecule has 1 amide bonds. The zero-order chi connectivity index (χ0) is 23.0. The van der Waals surface area contributed by atoms with E-state index in [1.165, 1.54) is 0 Å². The molecule has 1 aliphatic carbocycles. The SMILES string of the molecule is CN1CN([C@H]2CC[C@H](C(F)F)CC2)c2c(cnc3c2ccn3COCC[Si](C)(C)C)C1=O. The van der Waals surface area contributed by atoms with Gasteiger partial charge in [-0.15, -0.1) is 0 Å². The first kappa shape index (κ1) is 23.2. The van der Waals surface area contributed by atoms with Crippen molar-refractivity contribution in [3.63, 3.8) is 0 Å². The molecular weight excluding hydrogens is 430 g/mol. The van der Waals surface area contributed by atoms with Crippen molar-refractivity contribution in [3.8, 4) is 0 Å². The summed E-state index contributed by atoms with van der Waals surface area (Å²) in [5.74, 6) is -0.562. The van der Waals surface area contributed by atoms with Crippen molar-refractivity contribution >= 4 is 30.7 Å². The van der Waals surface area contributed by atoms with Gasteiger partial charge in [0.1, 0.15) is 12.4 Å². The molecule has 0 N–H and O–H groups in total. The Balaban J connectivity index is 1.59. The Morgan fingerprint density at radius 1 is 1.22 bits per heavy atom. The average Bonchev–Trinajstić information content (AvgIpc) is 3.16. The summed E-state index contributed by atoms with van der Waals surface area (Å²) in [6.07, 6.45) is 3.83. The third kappa shape index (κ3) is 4.68. The van der Waals surface area contributed by atoms with Crippen LogP contribution in [-0.2, 0) is 11.5 Å². The Kier molecular flexibility index (Phi) is 6.58. The molecule has 3 heterocycles. The number of halogens is 2. The van der Waals surface area contributed by atoms with Crippen LogP contribution >= 0.6 is 0 Å². The molecule has 2 aromatic rings. The van der Waals surface area contributed by atoms with E-state index in [0.29, 0.717) is 44.6 Å². The van der Waals surface area contributed by atoms with Gasteiger partial charge < -0.3 is 19.1 Å². The molecule has 32 heavy (non-hydrogen) atoms. The summed E-state index contributed by atoms with van der Waals surface area (Å²) < 4.78 is 34.2. The molecule has 4 rings (SSSR count). The van der Waals surface area contributed by atoms with Gasteiger partial charge in [0.05, 0.1) is 17.9 Å². The van der Waals surface area contributed by atoms with Crippen LogP contribution in [0.25, 0.3) is 11.0 Å². The number of anilines is 1. The van der Waals surface area contributed by atoms with Gasteiger partial charge in [-0.1, -0.05) is 19.6 Å². The first-order valence-corrected chi connectivity index (χ1v) is 15.2. The Morgan fingerprint density at radius 2 is 1.94 bits per heavy atom. The maximum atomic E-state index is 13.2. The number of nitrogens with zero attached hydrogens (tertiary/aromatic N) is 4. The molecule has 0 aromatic carbocycles. The van der Waals surface area contributed by atoms with Gasteiger partial charge in [0.2, 0.25) is 6.43 Å². The number of alkyl halides is 2. The summed E-state index contributed by atoms with van der Waals surface area (Å²) in [5, 5.41) is 0.925. The third-order valence-corrected chi connectivity index (χ3v) is 8.46. The number of carbonyl (C=O) groups is 1. The van der Waals surface area contributed by atoms with Gasteiger partial charge in [0, 0.05) is 51.5 Å². The Hall–Kier alpha value is -2.00. The smallest absolute Gasteiger partial charge is 0.258 e. The van der Waals surface area contributed by atoms with Gasteiger partial charge in [-0.05, 0) is 37.8 Å². The summed E-state index contributed by atoms with van der Waals surface area (Å²) in [5.41, 5.74) is 2.26. The zero-order valence-corrected chi connectivity index (χ0v) is 20.5. The number of carbonyl (C=O) groups excluding carboxylic acids is 1. The number of aromatic nitrogens is 2. The van der Waals surface area contributed by atoms with Crippen LogP contribution in [0.4, 0.5) is 14.5 Å². The molecule has 6 nitrogen and oxygen atoms in total. The van der Waals surface area contributed by atoms with Crippen molar-refractivity contribution in [2.75, 3.05) is 25.2 Å². The van der Waals surface area contributed by atoms with Crippen molar-refractivity contribution < 1.29 is 18.3 Å². The lowest BCUT2D eigenvalue weighted by Gasteiger charge is -2.43. The minimum Gasteiger partial charge on any atom is -0.361 e. The molecule has 1 fully saturated rings. The van der Waals surface area contributed by atoms with E-state index in [1.807, 2.05) is 16.8 Å². The van der Waals surface area contributed by atoms with Crippen LogP contribution in [0.1, 0.15) is 36.0 Å². The molecule has 0 atom stereocenters. The molecule has 1 aliphatic heterocycles. The van der Waals surface area contributed by atoms with Crippen LogP contribution < -0.4 is 4.90 Å². The maximum Gasteiger partial charge on any atom is 0.258 e. The molecule has 2 aromatic heterocycles. The van der Waals surface area contributed by atoms with Crippen LogP contribution in [0.2, 0.25) is 25.7 Å². The van der Waals surface area contributed by atoms with Gasteiger partial charge >= 0.3 is 0 Å². The van der Waals surface area contributed by atoms with E-state index in [0.717, 1.165) is 29.4 Å². The van der Waals surface area contributed by atoms with E-state index in [1.54, 1.807) is 18.1 Å². The van der Waals surface area contributed by atoms with Gasteiger partial charge in [-0.25, -0.2) is 13.8 Å². The number of hydrogen-bond donors (Lipinski definition) is 0. The Morgan fingerprint density at radius 3 is 2.59 bits per heavy atom. The van der Waals surface area contributed by atoms with E-state index >= 15 is 0 Å². The van der Waals surface area contributed by atoms with Crippen LogP contribution in [0.3, 0.4) is 0 Å². The quantitative estimate of drug-likeness (QED) is 0.426. The molecule has 0 spiro atoms. The lowest BCUT2D eigenvalue weighted by Crippen LogP contribution is -2.50. The lowest BCUT2D eigenvalue weighted by molar-refractivity contribution is 0.0514. The van der Waals surface area contributed by atoms with E-state index in [-0.39, 0.29) is 11.9 Å². The van der Waals surface area contributed by atoms with Crippen molar-refractivity contribution in [3.05, 3.63) is 24.0 Å². The number of fused-ring (bicyclic) bond motifs is 3. The first-order valence-electron chi connectivity index (χ1n) is 11.5. The molecule has 0 saturated heterocycles. The Labute approximate surface area is 189 Å². The minimum absolute atomic E-state index is 0.0500. The van der Waals surface area contributed by atoms with Crippen LogP contribution in [0, 0.1) is 5.92 Å². The molecule has 1 saturated carbocycles. The van der Waals surface area contributed by atoms with Gasteiger partial charge in [0.25, 0.3) is 5.91 Å². The Bertz CT molecular complexity index is 967. The number of hydrogen-bond acceptors (Lipinski definition) is 4. The molecule has 176 valence electrons. The predicted molar refractivity (Wildman–Crippen MR) is 125 cm³/mol. The summed E-state index contributed by atoms with van der Waals surface area (Å²) in [6, 6.07) is 3.24. The van der Waals surface area contributed by atoms with Gasteiger partial charge in [-0.2, -0.15) is 0 Å². The largest absolute Gasteiger partial charge is 0.361 e. The van der Waals surface area contributed by atoms with Crippen LogP contribution in [0.15, 0.2) is 18.5 Å². The molecule has 2 aliphatic rings. The van der Waals surface area contributed by atoms with Crippen LogP contribution in [-0.4, -0.2) is 61.2 Å². The second-order valence-corrected chi connectivity index (χ2v) is 16.0. The molecule has 0 radical (unpaired) electrons. The fourth-order valence-electron chi connectivity index (χ4n) is 4.77. The highest BCUT2D eigenvalue weighted by Crippen LogP contribution is 2.40. The summed E-state index contributed by atoms with van der Waals surface area (Å²) in [7, 11) is 0.630. The third-order valence-electron chi connectivity index (χ3n) is 6.75. The normalized spacial score (nSPS) is 22.2. The summed E-state index contributed by atoms with van der Waals surface area (Å²) in [4.78, 5) is 21.4. The molecule has 9 heteroatoms. The first-order chi connectivity index (χ1) is 15.2. The lowest BCUT2D eigenvalue weighted by atomic mass is 9.85. The second-order valence-electron chi connectivity index (χ2n) is 10.4. The highest BCUT2D eigenvalue weighted by Gasteiger charge is 2.36. The van der Waals surface area contributed by atoms with Crippen molar-refractivity contribution in [1.29, 1.82) is 0 Å². The van der Waals surface area contributed by atoms with Crippen molar-refractivity contribution in [1.82, 2.24) is 14.5 Å². The molecule has 0 unspecified atom stereocenters. The highest BCUT2D eigenvalue weighted by atomic mass is 28.3. The predicted octanol–water partition coefficient (Wildman–Crippen LogP) is 5.02. The van der Waals surface area contributed by atoms with Gasteiger partial charge in [0.15, 0.2) is 0 Å². The van der Waals surface area contributed by atoms with E-state index in [9.17, 15) is 13.6 Å². The van der Waals surface area contributed by atoms with Crippen molar-refractivity contribution in [2.45, 2.75) is 70.6 Å². The number of ether oxygens (including phenoxy) is 1. The van der Waals surface area contributed by atoms with E-state index in [4.69, 9.17) is 4.74 Å². The van der Waals surface area contributed by atoms with Gasteiger partial charge in [-0.3, -0.25) is 4.79 Å². The number of pyridine rings is 1. The summed E-state index contributed by atoms with van der Waals surface area (Å²) >= 11 is 0. The second kappa shape index (κ2) is 9.09. The van der Waals surface area contributed by atoms with Crippen molar-refractivity contribution in [2.24, 2.45) is 5.92 Å². The van der Waals surface area contributed by atoms with E-state index < -0.39 is 20.4 Å². The molecule has 0 bridgehead atoms. The molecular formula is C23H34F2N4O2Si. The topological polar surface area (TPSA) is 50.6 Å². The minimum atomic E-state index is -2.25. The number of rotatable bonds is 7. The standard InChI is InChI=1S/C23H34F2N4O2Si/c1-27-14-29(17-7-5-16(6-8-17)21(24)25)20-18-9-10-28(15-31-11-12-32(2,3)4)22(18)26-13-19(20)23(27)30/h9-10,13,16-17,21H,5-8,11-12,14-15H2,1-4H3/t16-,17-. The van der Waals surface area contributed by atoms with Crippen LogP contribution in [0.5, 0.6) is 0 Å². The number of amides is 1. The van der Waals surface area contributed by atoms with E-state index in [2.05, 4.69) is 29.5 Å². The zero-order valence-electron chi connectivity index (χ0n) is 19.5. The summed E-state index contributed by atoms with van der Waals surface area (Å²) in [6.45, 7) is 8.59.